The van der Waals surface area contributed by atoms with E-state index in [0.29, 0.717) is 33.4 Å². The van der Waals surface area contributed by atoms with Gasteiger partial charge in [0.1, 0.15) is 0 Å². The maximum absolute atomic E-state index is 13.5. The van der Waals surface area contributed by atoms with Gasteiger partial charge in [-0.2, -0.15) is 26.3 Å². The Kier molecular flexibility index (Phi) is 7.14. The second-order valence-electron chi connectivity index (χ2n) is 11.2. The summed E-state index contributed by atoms with van der Waals surface area (Å²) in [5.41, 5.74) is 1.30. The number of hydrogen-bond donors (Lipinski definition) is 0. The van der Waals surface area contributed by atoms with Crippen LogP contribution in [0.5, 0.6) is 0 Å². The van der Waals surface area contributed by atoms with E-state index in [9.17, 15) is 36.9 Å². The fourth-order valence-electron chi connectivity index (χ4n) is 6.19. The Morgan fingerprint density at radius 3 is 1.24 bits per heavy atom. The number of alkyl halides is 6. The van der Waals surface area contributed by atoms with Gasteiger partial charge in [0.25, 0.3) is 11.4 Å². The van der Waals surface area contributed by atoms with Crippen molar-refractivity contribution in [1.29, 1.82) is 10.5 Å². The average molecular weight is 669 g/mol. The number of halogens is 6. The van der Waals surface area contributed by atoms with Crippen LogP contribution in [0.2, 0.25) is 0 Å². The smallest absolute Gasteiger partial charge is 0.245 e. The quantitative estimate of drug-likeness (QED) is 0.104. The minimum absolute atomic E-state index is 0.113. The van der Waals surface area contributed by atoms with Crippen LogP contribution in [0.1, 0.15) is 33.6 Å². The van der Waals surface area contributed by atoms with E-state index in [1.807, 2.05) is 12.1 Å². The maximum atomic E-state index is 13.5. The highest BCUT2D eigenvalue weighted by molar-refractivity contribution is 6.07. The number of benzene rings is 4. The summed E-state index contributed by atoms with van der Waals surface area (Å²) in [6, 6.07) is 22.6. The fourth-order valence-corrected chi connectivity index (χ4v) is 6.19. The second kappa shape index (κ2) is 11.3. The molecule has 6 nitrogen and oxygen atoms in total. The molecule has 0 N–H and O–H groups in total. The van der Waals surface area contributed by atoms with Gasteiger partial charge >= 0.3 is 12.4 Å². The van der Waals surface area contributed by atoms with Gasteiger partial charge in [0.05, 0.1) is 59.2 Å². The molecule has 5 aromatic rings. The predicted octanol–water partition coefficient (Wildman–Crippen LogP) is 10.2. The largest absolute Gasteiger partial charge is 0.416 e. The van der Waals surface area contributed by atoms with E-state index in [2.05, 4.69) is 9.69 Å². The number of nitriles is 2. The lowest BCUT2D eigenvalue weighted by Gasteiger charge is -2.11. The zero-order chi connectivity index (χ0) is 35.5. The fraction of sp³-hybridized carbons (Fsp3) is 0.0526. The van der Waals surface area contributed by atoms with Crippen LogP contribution in [0.15, 0.2) is 96.3 Å². The molecule has 0 saturated carbocycles. The van der Waals surface area contributed by atoms with E-state index >= 15 is 0 Å². The van der Waals surface area contributed by atoms with Crippen molar-refractivity contribution in [2.24, 2.45) is 0 Å². The molecule has 2 aliphatic rings. The van der Waals surface area contributed by atoms with Gasteiger partial charge in [0, 0.05) is 22.3 Å². The lowest BCUT2D eigenvalue weighted by Crippen LogP contribution is -2.04. The number of hydrogen-bond acceptors (Lipinski definition) is 4. The van der Waals surface area contributed by atoms with Crippen LogP contribution in [0.3, 0.4) is 0 Å². The van der Waals surface area contributed by atoms with E-state index in [0.717, 1.165) is 24.3 Å². The normalized spacial score (nSPS) is 14.6. The zero-order valence-corrected chi connectivity index (χ0v) is 25.0. The molecule has 1 heterocycles. The molecule has 0 aliphatic heterocycles. The number of rotatable bonds is 2. The van der Waals surface area contributed by atoms with Gasteiger partial charge in [-0.3, -0.25) is 0 Å². The van der Waals surface area contributed by atoms with E-state index in [-0.39, 0.29) is 56.4 Å². The Labute approximate surface area is 279 Å². The summed E-state index contributed by atoms with van der Waals surface area (Å²) in [7, 11) is 0. The lowest BCUT2D eigenvalue weighted by molar-refractivity contribution is -0.138. The predicted molar refractivity (Wildman–Crippen MR) is 170 cm³/mol. The van der Waals surface area contributed by atoms with Gasteiger partial charge in [0.2, 0.25) is 0 Å². The first kappa shape index (κ1) is 31.6. The van der Waals surface area contributed by atoms with Gasteiger partial charge in [-0.05, 0) is 69.8 Å². The first-order valence-electron chi connectivity index (χ1n) is 14.5. The summed E-state index contributed by atoms with van der Waals surface area (Å²) in [6.07, 6.45) is -9.16. The van der Waals surface area contributed by atoms with Crippen LogP contribution in [-0.2, 0) is 12.4 Å². The van der Waals surface area contributed by atoms with Crippen LogP contribution in [-0.4, -0.2) is 9.97 Å². The summed E-state index contributed by atoms with van der Waals surface area (Å²) >= 11 is 0. The molecule has 12 heteroatoms. The Bertz CT molecular complexity index is 2360. The average Bonchev–Trinajstić information content (AvgIpc) is 3.59. The molecule has 0 unspecified atom stereocenters. The molecule has 7 rings (SSSR count). The Morgan fingerprint density at radius 1 is 0.520 bits per heavy atom. The highest BCUT2D eigenvalue weighted by atomic mass is 19.4. The van der Waals surface area contributed by atoms with Crippen molar-refractivity contribution in [3.63, 3.8) is 0 Å². The summed E-state index contributed by atoms with van der Waals surface area (Å²) in [4.78, 5) is 16.4. The zero-order valence-electron chi connectivity index (χ0n) is 25.0. The van der Waals surface area contributed by atoms with Gasteiger partial charge in [-0.15, -0.1) is 0 Å². The van der Waals surface area contributed by atoms with Crippen molar-refractivity contribution >= 4 is 11.1 Å². The van der Waals surface area contributed by atoms with Crippen molar-refractivity contribution in [3.8, 4) is 56.9 Å². The SMILES string of the molecule is [C-]#[N+]/C(C#N)=C1/c2cc(-c3cccc(C(F)(F)F)c3)ccc2-c2nc3c(nc21)-c1ccc(-c2cccc(C(F)(F)F)c2)cc1/C3=C(/C#N)[N+]#[C-]. The second-order valence-corrected chi connectivity index (χ2v) is 11.2. The van der Waals surface area contributed by atoms with Crippen molar-refractivity contribution in [2.75, 3.05) is 0 Å². The van der Waals surface area contributed by atoms with Crippen LogP contribution >= 0.6 is 0 Å². The summed E-state index contributed by atoms with van der Waals surface area (Å²) in [5, 5.41) is 19.9. The summed E-state index contributed by atoms with van der Waals surface area (Å²) in [6.45, 7) is 15.4. The number of nitrogens with zero attached hydrogens (tertiary/aromatic N) is 6. The van der Waals surface area contributed by atoms with Crippen LogP contribution < -0.4 is 0 Å². The molecule has 0 atom stereocenters. The summed E-state index contributed by atoms with van der Waals surface area (Å²) < 4.78 is 81.0. The van der Waals surface area contributed by atoms with Crippen molar-refractivity contribution in [2.45, 2.75) is 12.4 Å². The molecular weight excluding hydrogens is 654 g/mol. The molecular formula is C38H14F6N6. The van der Waals surface area contributed by atoms with Gasteiger partial charge in [0.15, 0.2) is 0 Å². The molecule has 0 spiro atoms. The van der Waals surface area contributed by atoms with Crippen LogP contribution in [0.4, 0.5) is 26.3 Å². The molecule has 238 valence electrons. The molecule has 0 bridgehead atoms. The van der Waals surface area contributed by atoms with E-state index in [1.165, 1.54) is 24.3 Å². The van der Waals surface area contributed by atoms with Crippen molar-refractivity contribution in [1.82, 2.24) is 9.97 Å². The minimum Gasteiger partial charge on any atom is -0.245 e. The Morgan fingerprint density at radius 2 is 0.900 bits per heavy atom. The molecule has 50 heavy (non-hydrogen) atoms. The van der Waals surface area contributed by atoms with Gasteiger partial charge < -0.3 is 0 Å². The monoisotopic (exact) mass is 668 g/mol. The van der Waals surface area contributed by atoms with E-state index in [4.69, 9.17) is 23.1 Å². The molecule has 1 aromatic heterocycles. The molecule has 0 radical (unpaired) electrons. The number of allylic oxidation sites excluding steroid dienone is 2. The molecule has 0 fully saturated rings. The summed E-state index contributed by atoms with van der Waals surface area (Å²) in [5.74, 6) is 0. The highest BCUT2D eigenvalue weighted by Crippen LogP contribution is 2.51. The molecule has 2 aliphatic carbocycles. The van der Waals surface area contributed by atoms with Gasteiger partial charge in [-0.25, -0.2) is 30.2 Å². The number of fused-ring (bicyclic) bond motifs is 6. The third-order valence-corrected chi connectivity index (χ3v) is 8.41. The van der Waals surface area contributed by atoms with E-state index in [1.54, 1.807) is 36.4 Å². The van der Waals surface area contributed by atoms with Crippen LogP contribution in [0.25, 0.3) is 65.6 Å². The molecule has 4 aromatic carbocycles. The molecule has 0 amide bonds. The third kappa shape index (κ3) is 4.95. The topological polar surface area (TPSA) is 82.1 Å². The maximum Gasteiger partial charge on any atom is 0.416 e. The number of aromatic nitrogens is 2. The Hall–Kier alpha value is -7.02. The lowest BCUT2D eigenvalue weighted by atomic mass is 9.96. The van der Waals surface area contributed by atoms with Crippen LogP contribution in [0, 0.1) is 35.8 Å². The first-order chi connectivity index (χ1) is 23.9. The van der Waals surface area contributed by atoms with E-state index < -0.39 is 23.5 Å². The third-order valence-electron chi connectivity index (χ3n) is 8.41. The minimum atomic E-state index is -4.58. The van der Waals surface area contributed by atoms with Gasteiger partial charge in [-0.1, -0.05) is 48.5 Å². The molecule has 0 saturated heterocycles. The standard InChI is InChI=1S/C38H14F6N6/c1-47-29(17-45)31-27-15-21(19-5-3-7-23(13-19)37(39,40)41)9-11-25(27)33-35(31)49-34-26-12-10-22(20-6-4-8-24(14-20)38(42,43)44)16-28(26)32(36(34)50-33)30(18-46)48-2/h3-16H/b31-29-,32-30+. The Balaban J connectivity index is 1.44. The van der Waals surface area contributed by atoms with Crippen molar-refractivity contribution in [3.05, 3.63) is 153 Å². The highest BCUT2D eigenvalue weighted by Gasteiger charge is 2.37. The van der Waals surface area contributed by atoms with Crippen molar-refractivity contribution < 1.29 is 26.3 Å². The first-order valence-corrected chi connectivity index (χ1v) is 14.5.